The van der Waals surface area contributed by atoms with E-state index in [9.17, 15) is 4.39 Å². The van der Waals surface area contributed by atoms with E-state index in [1.54, 1.807) is 12.1 Å². The van der Waals surface area contributed by atoms with E-state index in [1.165, 1.54) is 20.0 Å². The summed E-state index contributed by atoms with van der Waals surface area (Å²) in [5, 5.41) is 3.52. The molecule has 1 unspecified atom stereocenters. The summed E-state index contributed by atoms with van der Waals surface area (Å²) in [6, 6.07) is 5.65. The maximum Gasteiger partial charge on any atom is 0.165 e. The van der Waals surface area contributed by atoms with Crippen molar-refractivity contribution in [1.29, 1.82) is 0 Å². The molecule has 0 amide bonds. The molecular formula is C19H31FN2O2. The SMILES string of the molecule is CCC(CC)C(CNCc1ccc(OC)c(F)c1)N1CCOCC1. The van der Waals surface area contributed by atoms with Crippen molar-refractivity contribution in [3.8, 4) is 5.75 Å². The highest BCUT2D eigenvalue weighted by molar-refractivity contribution is 5.29. The summed E-state index contributed by atoms with van der Waals surface area (Å²) >= 11 is 0. The van der Waals surface area contributed by atoms with Crippen LogP contribution in [0, 0.1) is 11.7 Å². The summed E-state index contributed by atoms with van der Waals surface area (Å²) < 4.78 is 24.2. The van der Waals surface area contributed by atoms with Crippen molar-refractivity contribution in [2.24, 2.45) is 5.92 Å². The van der Waals surface area contributed by atoms with Gasteiger partial charge in [-0.05, 0) is 23.6 Å². The first-order valence-electron chi connectivity index (χ1n) is 9.04. The molecule has 1 aromatic rings. The van der Waals surface area contributed by atoms with E-state index in [-0.39, 0.29) is 5.82 Å². The second-order valence-corrected chi connectivity index (χ2v) is 6.39. The highest BCUT2D eigenvalue weighted by Crippen LogP contribution is 2.20. The van der Waals surface area contributed by atoms with E-state index in [2.05, 4.69) is 24.1 Å². The summed E-state index contributed by atoms with van der Waals surface area (Å²) in [5.74, 6) is 0.659. The van der Waals surface area contributed by atoms with Gasteiger partial charge in [-0.2, -0.15) is 0 Å². The van der Waals surface area contributed by atoms with Gasteiger partial charge in [0.25, 0.3) is 0 Å². The lowest BCUT2D eigenvalue weighted by Crippen LogP contribution is -2.51. The van der Waals surface area contributed by atoms with Crippen molar-refractivity contribution in [3.05, 3.63) is 29.6 Å². The fourth-order valence-corrected chi connectivity index (χ4v) is 3.52. The van der Waals surface area contributed by atoms with Crippen LogP contribution in [0.15, 0.2) is 18.2 Å². The molecule has 1 N–H and O–H groups in total. The molecule has 0 radical (unpaired) electrons. The van der Waals surface area contributed by atoms with Crippen LogP contribution in [0.5, 0.6) is 5.75 Å². The van der Waals surface area contributed by atoms with Gasteiger partial charge in [0.15, 0.2) is 11.6 Å². The third-order valence-corrected chi connectivity index (χ3v) is 5.01. The smallest absolute Gasteiger partial charge is 0.165 e. The number of hydrogen-bond acceptors (Lipinski definition) is 4. The van der Waals surface area contributed by atoms with Crippen LogP contribution in [-0.4, -0.2) is 50.9 Å². The minimum Gasteiger partial charge on any atom is -0.494 e. The van der Waals surface area contributed by atoms with Crippen LogP contribution in [0.2, 0.25) is 0 Å². The van der Waals surface area contributed by atoms with Gasteiger partial charge in [-0.3, -0.25) is 4.90 Å². The van der Waals surface area contributed by atoms with E-state index in [0.717, 1.165) is 38.4 Å². The van der Waals surface area contributed by atoms with Gasteiger partial charge in [0.2, 0.25) is 0 Å². The molecule has 4 nitrogen and oxygen atoms in total. The van der Waals surface area contributed by atoms with Crippen molar-refractivity contribution in [2.75, 3.05) is 40.0 Å². The lowest BCUT2D eigenvalue weighted by atomic mass is 9.92. The van der Waals surface area contributed by atoms with E-state index in [0.29, 0.717) is 24.3 Å². The van der Waals surface area contributed by atoms with Crippen LogP contribution < -0.4 is 10.1 Å². The van der Waals surface area contributed by atoms with Gasteiger partial charge in [-0.15, -0.1) is 0 Å². The van der Waals surface area contributed by atoms with Crippen molar-refractivity contribution in [1.82, 2.24) is 10.2 Å². The Morgan fingerprint density at radius 2 is 1.96 bits per heavy atom. The molecule has 24 heavy (non-hydrogen) atoms. The summed E-state index contributed by atoms with van der Waals surface area (Å²) in [6.45, 7) is 9.75. The molecule has 0 saturated carbocycles. The second-order valence-electron chi connectivity index (χ2n) is 6.39. The molecule has 5 heteroatoms. The second kappa shape index (κ2) is 9.97. The standard InChI is InChI=1S/C19H31FN2O2/c1-4-16(5-2)18(22-8-10-24-11-9-22)14-21-13-15-6-7-19(23-3)17(20)12-15/h6-7,12,16,18,21H,4-5,8-11,13-14H2,1-3H3. The largest absolute Gasteiger partial charge is 0.494 e. The zero-order valence-corrected chi connectivity index (χ0v) is 15.2. The van der Waals surface area contributed by atoms with Gasteiger partial charge in [0.1, 0.15) is 0 Å². The number of benzene rings is 1. The Balaban J connectivity index is 1.93. The predicted molar refractivity (Wildman–Crippen MR) is 94.9 cm³/mol. The fourth-order valence-electron chi connectivity index (χ4n) is 3.52. The first-order chi connectivity index (χ1) is 11.7. The summed E-state index contributed by atoms with van der Waals surface area (Å²) in [5.41, 5.74) is 0.943. The van der Waals surface area contributed by atoms with Crippen LogP contribution in [0.1, 0.15) is 32.3 Å². The van der Waals surface area contributed by atoms with Gasteiger partial charge >= 0.3 is 0 Å². The van der Waals surface area contributed by atoms with E-state index < -0.39 is 0 Å². The number of halogens is 1. The number of nitrogens with one attached hydrogen (secondary N) is 1. The number of methoxy groups -OCH3 is 1. The van der Waals surface area contributed by atoms with Gasteiger partial charge in [0, 0.05) is 32.2 Å². The van der Waals surface area contributed by atoms with Gasteiger partial charge in [-0.25, -0.2) is 4.39 Å². The summed E-state index contributed by atoms with van der Waals surface area (Å²) in [6.07, 6.45) is 2.36. The minimum absolute atomic E-state index is 0.293. The average Bonchev–Trinajstić information content (AvgIpc) is 2.62. The van der Waals surface area contributed by atoms with E-state index in [4.69, 9.17) is 9.47 Å². The average molecular weight is 338 g/mol. The fraction of sp³-hybridized carbons (Fsp3) is 0.684. The van der Waals surface area contributed by atoms with Crippen molar-refractivity contribution < 1.29 is 13.9 Å². The Bertz CT molecular complexity index is 488. The third kappa shape index (κ3) is 5.16. The zero-order chi connectivity index (χ0) is 17.4. The van der Waals surface area contributed by atoms with Gasteiger partial charge < -0.3 is 14.8 Å². The number of hydrogen-bond donors (Lipinski definition) is 1. The molecule has 1 aliphatic heterocycles. The molecule has 0 aliphatic carbocycles. The highest BCUT2D eigenvalue weighted by Gasteiger charge is 2.26. The van der Waals surface area contributed by atoms with Crippen molar-refractivity contribution in [3.63, 3.8) is 0 Å². The number of nitrogens with zero attached hydrogens (tertiary/aromatic N) is 1. The zero-order valence-electron chi connectivity index (χ0n) is 15.2. The Morgan fingerprint density at radius 1 is 1.25 bits per heavy atom. The molecule has 1 atom stereocenters. The molecule has 1 saturated heterocycles. The maximum atomic E-state index is 13.8. The Kier molecular flexibility index (Phi) is 7.95. The van der Waals surface area contributed by atoms with Gasteiger partial charge in [-0.1, -0.05) is 32.8 Å². The maximum absolute atomic E-state index is 13.8. The van der Waals surface area contributed by atoms with Crippen molar-refractivity contribution in [2.45, 2.75) is 39.3 Å². The monoisotopic (exact) mass is 338 g/mol. The molecule has 1 heterocycles. The molecule has 0 bridgehead atoms. The van der Waals surface area contributed by atoms with Crippen molar-refractivity contribution >= 4 is 0 Å². The lowest BCUT2D eigenvalue weighted by molar-refractivity contribution is 0.00161. The van der Waals surface area contributed by atoms with Crippen LogP contribution in [0.25, 0.3) is 0 Å². The summed E-state index contributed by atoms with van der Waals surface area (Å²) in [7, 11) is 1.49. The van der Waals surface area contributed by atoms with Crippen LogP contribution in [0.4, 0.5) is 4.39 Å². The Morgan fingerprint density at radius 3 is 2.54 bits per heavy atom. The number of morpholine rings is 1. The summed E-state index contributed by atoms with van der Waals surface area (Å²) in [4.78, 5) is 2.54. The van der Waals surface area contributed by atoms with Crippen LogP contribution in [0.3, 0.4) is 0 Å². The topological polar surface area (TPSA) is 33.7 Å². The molecular weight excluding hydrogens is 307 g/mol. The third-order valence-electron chi connectivity index (χ3n) is 5.01. The quantitative estimate of drug-likeness (QED) is 0.750. The number of rotatable bonds is 9. The first-order valence-corrected chi connectivity index (χ1v) is 9.04. The molecule has 0 spiro atoms. The molecule has 136 valence electrons. The van der Waals surface area contributed by atoms with Crippen LogP contribution >= 0.6 is 0 Å². The highest BCUT2D eigenvalue weighted by atomic mass is 19.1. The molecule has 1 aromatic carbocycles. The molecule has 1 aliphatic rings. The lowest BCUT2D eigenvalue weighted by Gasteiger charge is -2.39. The van der Waals surface area contributed by atoms with Crippen LogP contribution in [-0.2, 0) is 11.3 Å². The Hall–Kier alpha value is -1.17. The normalized spacial score (nSPS) is 17.2. The van der Waals surface area contributed by atoms with E-state index in [1.807, 2.05) is 6.07 Å². The molecule has 0 aromatic heterocycles. The first kappa shape index (κ1) is 19.2. The van der Waals surface area contributed by atoms with Gasteiger partial charge in [0.05, 0.1) is 20.3 Å². The molecule has 1 fully saturated rings. The van der Waals surface area contributed by atoms with E-state index >= 15 is 0 Å². The number of ether oxygens (including phenoxy) is 2. The minimum atomic E-state index is -0.304. The molecule has 2 rings (SSSR count). The Labute approximate surface area is 145 Å². The predicted octanol–water partition coefficient (Wildman–Crippen LogP) is 3.06.